The van der Waals surface area contributed by atoms with Crippen molar-refractivity contribution < 1.29 is 9.72 Å². The van der Waals surface area contributed by atoms with Crippen molar-refractivity contribution in [2.75, 3.05) is 6.54 Å². The number of nitrogens with two attached hydrogens (primary N) is 1. The van der Waals surface area contributed by atoms with Gasteiger partial charge in [-0.3, -0.25) is 14.9 Å². The summed E-state index contributed by atoms with van der Waals surface area (Å²) < 4.78 is 0. The molecule has 3 N–H and O–H groups in total. The van der Waals surface area contributed by atoms with Gasteiger partial charge in [-0.2, -0.15) is 0 Å². The van der Waals surface area contributed by atoms with Crippen LogP contribution in [0.25, 0.3) is 0 Å². The average Bonchev–Trinajstić information content (AvgIpc) is 2.38. The van der Waals surface area contributed by atoms with E-state index in [1.54, 1.807) is 19.1 Å². The van der Waals surface area contributed by atoms with E-state index in [2.05, 4.69) is 5.32 Å². The molecule has 0 aliphatic rings. The van der Waals surface area contributed by atoms with Gasteiger partial charge in [0.25, 0.3) is 5.69 Å². The second-order valence-electron chi connectivity index (χ2n) is 4.57. The molecule has 21 heavy (non-hydrogen) atoms. The van der Waals surface area contributed by atoms with Crippen molar-refractivity contribution in [3.8, 4) is 0 Å². The lowest BCUT2D eigenvalue weighted by atomic mass is 10.2. The lowest BCUT2D eigenvalue weighted by molar-refractivity contribution is -0.384. The summed E-state index contributed by atoms with van der Waals surface area (Å²) in [6.45, 7) is 4.25. The van der Waals surface area contributed by atoms with Gasteiger partial charge in [-0.15, -0.1) is 24.2 Å². The van der Waals surface area contributed by atoms with Crippen molar-refractivity contribution in [3.63, 3.8) is 0 Å². The maximum atomic E-state index is 11.8. The van der Waals surface area contributed by atoms with Crippen molar-refractivity contribution in [3.05, 3.63) is 34.4 Å². The molecule has 0 spiro atoms. The van der Waals surface area contributed by atoms with Gasteiger partial charge in [0.05, 0.1) is 10.2 Å². The topological polar surface area (TPSA) is 98.3 Å². The van der Waals surface area contributed by atoms with Crippen LogP contribution in [0.15, 0.2) is 29.2 Å². The fraction of sp³-hybridized carbons (Fsp3) is 0.462. The van der Waals surface area contributed by atoms with Crippen LogP contribution in [0.1, 0.15) is 20.3 Å². The van der Waals surface area contributed by atoms with Gasteiger partial charge in [-0.1, -0.05) is 0 Å². The quantitative estimate of drug-likeness (QED) is 0.453. The van der Waals surface area contributed by atoms with Crippen LogP contribution >= 0.6 is 24.2 Å². The SMILES string of the molecule is CC(N)CCNC(=O)C(C)Sc1ccc([N+](=O)[O-])cc1.Cl. The first-order valence-corrected chi connectivity index (χ1v) is 7.22. The van der Waals surface area contributed by atoms with Gasteiger partial charge in [-0.05, 0) is 32.4 Å². The molecule has 0 aliphatic carbocycles. The lowest BCUT2D eigenvalue weighted by Crippen LogP contribution is -2.34. The Bertz CT molecular complexity index is 468. The summed E-state index contributed by atoms with van der Waals surface area (Å²) in [4.78, 5) is 22.7. The lowest BCUT2D eigenvalue weighted by Gasteiger charge is -2.12. The summed E-state index contributed by atoms with van der Waals surface area (Å²) in [5, 5.41) is 13.1. The molecule has 0 aromatic heterocycles. The zero-order valence-electron chi connectivity index (χ0n) is 11.9. The van der Waals surface area contributed by atoms with E-state index in [1.807, 2.05) is 6.92 Å². The first-order chi connectivity index (χ1) is 9.40. The molecule has 0 bridgehead atoms. The monoisotopic (exact) mass is 333 g/mol. The molecule has 0 radical (unpaired) electrons. The number of non-ortho nitro benzene ring substituents is 1. The Morgan fingerprint density at radius 1 is 1.38 bits per heavy atom. The maximum absolute atomic E-state index is 11.8. The van der Waals surface area contributed by atoms with Crippen LogP contribution in [-0.4, -0.2) is 28.7 Å². The Morgan fingerprint density at radius 3 is 2.43 bits per heavy atom. The van der Waals surface area contributed by atoms with Crippen LogP contribution in [0.5, 0.6) is 0 Å². The third-order valence-electron chi connectivity index (χ3n) is 2.63. The third kappa shape index (κ3) is 7.31. The number of carbonyl (C=O) groups excluding carboxylic acids is 1. The van der Waals surface area contributed by atoms with E-state index in [9.17, 15) is 14.9 Å². The normalized spacial score (nSPS) is 12.9. The van der Waals surface area contributed by atoms with Crippen LogP contribution in [-0.2, 0) is 4.79 Å². The number of hydrogen-bond donors (Lipinski definition) is 2. The molecule has 1 aromatic carbocycles. The fourth-order valence-electron chi connectivity index (χ4n) is 1.47. The van der Waals surface area contributed by atoms with Crippen LogP contribution in [0.2, 0.25) is 0 Å². The van der Waals surface area contributed by atoms with E-state index in [-0.39, 0.29) is 35.3 Å². The Morgan fingerprint density at radius 2 is 1.95 bits per heavy atom. The highest BCUT2D eigenvalue weighted by atomic mass is 35.5. The number of nitrogens with zero attached hydrogens (tertiary/aromatic N) is 1. The zero-order chi connectivity index (χ0) is 15.1. The average molecular weight is 334 g/mol. The summed E-state index contributed by atoms with van der Waals surface area (Å²) in [6.07, 6.45) is 0.737. The second kappa shape index (κ2) is 9.59. The van der Waals surface area contributed by atoms with Gasteiger partial charge < -0.3 is 11.1 Å². The van der Waals surface area contributed by atoms with Crippen molar-refractivity contribution >= 4 is 35.8 Å². The van der Waals surface area contributed by atoms with E-state index in [1.165, 1.54) is 23.9 Å². The predicted octanol–water partition coefficient (Wildman–Crippen LogP) is 2.35. The summed E-state index contributed by atoms with van der Waals surface area (Å²) >= 11 is 1.37. The van der Waals surface area contributed by atoms with E-state index >= 15 is 0 Å². The molecule has 0 saturated heterocycles. The molecule has 2 atom stereocenters. The number of carbonyl (C=O) groups is 1. The van der Waals surface area contributed by atoms with Crippen LogP contribution in [0.3, 0.4) is 0 Å². The molecule has 0 fully saturated rings. The number of nitro groups is 1. The summed E-state index contributed by atoms with van der Waals surface area (Å²) in [7, 11) is 0. The van der Waals surface area contributed by atoms with Crippen LogP contribution in [0.4, 0.5) is 5.69 Å². The molecular weight excluding hydrogens is 314 g/mol. The second-order valence-corrected chi connectivity index (χ2v) is 5.98. The number of rotatable bonds is 7. The first-order valence-electron chi connectivity index (χ1n) is 6.34. The Kier molecular flexibility index (Phi) is 9.00. The van der Waals surface area contributed by atoms with E-state index in [0.717, 1.165) is 11.3 Å². The highest BCUT2D eigenvalue weighted by molar-refractivity contribution is 8.00. The molecule has 6 nitrogen and oxygen atoms in total. The van der Waals surface area contributed by atoms with Gasteiger partial charge in [0.1, 0.15) is 0 Å². The minimum atomic E-state index is -0.446. The van der Waals surface area contributed by atoms with Crippen molar-refractivity contribution in [2.45, 2.75) is 36.5 Å². The molecule has 0 saturated carbocycles. The standard InChI is InChI=1S/C13H19N3O3S.ClH/c1-9(14)7-8-15-13(17)10(2)20-12-5-3-11(4-6-12)16(18)19;/h3-6,9-10H,7-8,14H2,1-2H3,(H,15,17);1H. The number of thioether (sulfide) groups is 1. The van der Waals surface area contributed by atoms with Gasteiger partial charge in [-0.25, -0.2) is 0 Å². The first kappa shape index (κ1) is 19.7. The highest BCUT2D eigenvalue weighted by Gasteiger charge is 2.14. The number of benzene rings is 1. The zero-order valence-corrected chi connectivity index (χ0v) is 13.6. The maximum Gasteiger partial charge on any atom is 0.269 e. The molecule has 2 unspecified atom stereocenters. The summed E-state index contributed by atoms with van der Waals surface area (Å²) in [6, 6.07) is 6.22. The highest BCUT2D eigenvalue weighted by Crippen LogP contribution is 2.25. The van der Waals surface area contributed by atoms with Crippen molar-refractivity contribution in [1.82, 2.24) is 5.32 Å². The third-order valence-corrected chi connectivity index (χ3v) is 3.74. The van der Waals surface area contributed by atoms with Gasteiger partial charge >= 0.3 is 0 Å². The largest absolute Gasteiger partial charge is 0.355 e. The van der Waals surface area contributed by atoms with Crippen LogP contribution in [0, 0.1) is 10.1 Å². The molecule has 118 valence electrons. The van der Waals surface area contributed by atoms with Gasteiger partial charge in [0, 0.05) is 29.6 Å². The molecular formula is C13H20ClN3O3S. The Balaban J connectivity index is 0.00000400. The molecule has 0 heterocycles. The van der Waals surface area contributed by atoms with Crippen molar-refractivity contribution in [2.24, 2.45) is 5.73 Å². The minimum absolute atomic E-state index is 0. The fourth-order valence-corrected chi connectivity index (χ4v) is 2.36. The summed E-state index contributed by atoms with van der Waals surface area (Å²) in [5.74, 6) is -0.0611. The molecule has 1 rings (SSSR count). The Hall–Kier alpha value is -1.31. The van der Waals surface area contributed by atoms with Crippen LogP contribution < -0.4 is 11.1 Å². The number of halogens is 1. The van der Waals surface area contributed by atoms with Gasteiger partial charge in [0.2, 0.25) is 5.91 Å². The summed E-state index contributed by atoms with van der Waals surface area (Å²) in [5.41, 5.74) is 5.65. The number of amides is 1. The Labute approximate surface area is 134 Å². The van der Waals surface area contributed by atoms with Gasteiger partial charge in [0.15, 0.2) is 0 Å². The molecule has 1 amide bonds. The minimum Gasteiger partial charge on any atom is -0.355 e. The van der Waals surface area contributed by atoms with E-state index in [4.69, 9.17) is 5.73 Å². The molecule has 1 aromatic rings. The number of nitro benzene ring substituents is 1. The smallest absolute Gasteiger partial charge is 0.269 e. The predicted molar refractivity (Wildman–Crippen MR) is 86.9 cm³/mol. The molecule has 8 heteroatoms. The molecule has 0 aliphatic heterocycles. The number of hydrogen-bond acceptors (Lipinski definition) is 5. The van der Waals surface area contributed by atoms with E-state index < -0.39 is 4.92 Å². The van der Waals surface area contributed by atoms with E-state index in [0.29, 0.717) is 6.54 Å². The number of nitrogens with one attached hydrogen (secondary N) is 1. The van der Waals surface area contributed by atoms with Crippen molar-refractivity contribution in [1.29, 1.82) is 0 Å².